The van der Waals surface area contributed by atoms with Crippen molar-refractivity contribution in [3.05, 3.63) is 74.3 Å². The zero-order chi connectivity index (χ0) is 17.5. The third-order valence-corrected chi connectivity index (χ3v) is 4.62. The third kappa shape index (κ3) is 5.25. The average molecular weight is 365 g/mol. The van der Waals surface area contributed by atoms with E-state index >= 15 is 0 Å². The molecular weight excluding hydrogens is 348 g/mol. The number of nitrogens with zero attached hydrogens (tertiary/aromatic N) is 1. The van der Waals surface area contributed by atoms with E-state index in [0.29, 0.717) is 22.7 Å². The fourth-order valence-corrected chi connectivity index (χ4v) is 3.12. The van der Waals surface area contributed by atoms with Crippen LogP contribution in [0.5, 0.6) is 0 Å². The molecule has 0 radical (unpaired) electrons. The van der Waals surface area contributed by atoms with Crippen molar-refractivity contribution >= 4 is 35.0 Å². The van der Waals surface area contributed by atoms with Gasteiger partial charge in [-0.1, -0.05) is 29.8 Å². The second-order valence-corrected chi connectivity index (χ2v) is 6.74. The van der Waals surface area contributed by atoms with Crippen molar-refractivity contribution < 1.29 is 9.72 Å². The number of carbonyl (C=O) groups excluding carboxylic acids is 1. The summed E-state index contributed by atoms with van der Waals surface area (Å²) in [7, 11) is 0. The first kappa shape index (κ1) is 18.3. The van der Waals surface area contributed by atoms with Gasteiger partial charge in [-0.3, -0.25) is 14.9 Å². The van der Waals surface area contributed by atoms with Crippen molar-refractivity contribution in [2.75, 3.05) is 12.3 Å². The van der Waals surface area contributed by atoms with Gasteiger partial charge in [-0.2, -0.15) is 11.8 Å². The molecule has 2 rings (SSSR count). The molecule has 0 aliphatic rings. The molecule has 0 bridgehead atoms. The summed E-state index contributed by atoms with van der Waals surface area (Å²) < 4.78 is 0. The fourth-order valence-electron chi connectivity index (χ4n) is 2.10. The van der Waals surface area contributed by atoms with Crippen LogP contribution in [-0.4, -0.2) is 23.1 Å². The number of nitro benzene ring substituents is 1. The summed E-state index contributed by atoms with van der Waals surface area (Å²) in [5.41, 5.74) is 1.92. The molecule has 0 heterocycles. The van der Waals surface area contributed by atoms with Crippen LogP contribution in [-0.2, 0) is 5.75 Å². The van der Waals surface area contributed by atoms with E-state index in [2.05, 4.69) is 5.32 Å². The Hall–Kier alpha value is -2.05. The lowest BCUT2D eigenvalue weighted by Gasteiger charge is -2.06. The van der Waals surface area contributed by atoms with E-state index in [4.69, 9.17) is 11.6 Å². The predicted octanol–water partition coefficient (Wildman–Crippen LogP) is 4.22. The van der Waals surface area contributed by atoms with Gasteiger partial charge in [0.2, 0.25) is 0 Å². The van der Waals surface area contributed by atoms with Gasteiger partial charge in [0.05, 0.1) is 4.92 Å². The largest absolute Gasteiger partial charge is 0.351 e. The van der Waals surface area contributed by atoms with Crippen LogP contribution < -0.4 is 5.32 Å². The molecule has 1 amide bonds. The van der Waals surface area contributed by atoms with Gasteiger partial charge in [0.25, 0.3) is 11.6 Å². The maximum atomic E-state index is 12.0. The van der Waals surface area contributed by atoms with Crippen molar-refractivity contribution in [3.63, 3.8) is 0 Å². The minimum Gasteiger partial charge on any atom is -0.351 e. The van der Waals surface area contributed by atoms with E-state index in [0.717, 1.165) is 17.1 Å². The SMILES string of the molecule is Cc1ccc(C(=O)NCCSCc2cccc(Cl)c2)cc1[N+](=O)[O-]. The number of nitro groups is 1. The van der Waals surface area contributed by atoms with Crippen LogP contribution in [0, 0.1) is 17.0 Å². The Morgan fingerprint density at radius 1 is 1.29 bits per heavy atom. The highest BCUT2D eigenvalue weighted by molar-refractivity contribution is 7.98. The minimum absolute atomic E-state index is 0.0435. The monoisotopic (exact) mass is 364 g/mol. The Bertz CT molecular complexity index is 752. The van der Waals surface area contributed by atoms with Crippen molar-refractivity contribution in [1.29, 1.82) is 0 Å². The van der Waals surface area contributed by atoms with Gasteiger partial charge in [0, 0.05) is 40.3 Å². The van der Waals surface area contributed by atoms with Crippen LogP contribution in [0.1, 0.15) is 21.5 Å². The summed E-state index contributed by atoms with van der Waals surface area (Å²) in [6.45, 7) is 2.14. The summed E-state index contributed by atoms with van der Waals surface area (Å²) in [6.07, 6.45) is 0. The van der Waals surface area contributed by atoms with Crippen LogP contribution in [0.25, 0.3) is 0 Å². The number of halogens is 1. The Morgan fingerprint density at radius 2 is 2.08 bits per heavy atom. The molecule has 2 aromatic carbocycles. The highest BCUT2D eigenvalue weighted by atomic mass is 35.5. The second-order valence-electron chi connectivity index (χ2n) is 5.20. The van der Waals surface area contributed by atoms with Crippen LogP contribution in [0.2, 0.25) is 5.02 Å². The highest BCUT2D eigenvalue weighted by Crippen LogP contribution is 2.19. The normalized spacial score (nSPS) is 10.4. The molecule has 0 saturated carbocycles. The molecule has 0 spiro atoms. The van der Waals surface area contributed by atoms with E-state index in [-0.39, 0.29) is 11.6 Å². The number of rotatable bonds is 7. The molecular formula is C17H17ClN2O3S. The molecule has 0 saturated heterocycles. The standard InChI is InChI=1S/C17H17ClN2O3S/c1-12-5-6-14(10-16(12)20(22)23)17(21)19-7-8-24-11-13-3-2-4-15(18)9-13/h2-6,9-10H,7-8,11H2,1H3,(H,19,21). The van der Waals surface area contributed by atoms with Gasteiger partial charge in [-0.25, -0.2) is 0 Å². The number of nitrogens with one attached hydrogen (secondary N) is 1. The number of benzene rings is 2. The molecule has 0 unspecified atom stereocenters. The average Bonchev–Trinajstić information content (AvgIpc) is 2.54. The molecule has 5 nitrogen and oxygen atoms in total. The molecule has 0 aliphatic carbocycles. The van der Waals surface area contributed by atoms with E-state index < -0.39 is 4.92 Å². The van der Waals surface area contributed by atoms with Crippen molar-refractivity contribution in [2.45, 2.75) is 12.7 Å². The topological polar surface area (TPSA) is 72.2 Å². The van der Waals surface area contributed by atoms with Gasteiger partial charge < -0.3 is 5.32 Å². The van der Waals surface area contributed by atoms with Crippen LogP contribution in [0.4, 0.5) is 5.69 Å². The zero-order valence-electron chi connectivity index (χ0n) is 13.1. The van der Waals surface area contributed by atoms with E-state index in [1.165, 1.54) is 6.07 Å². The number of carbonyl (C=O) groups is 1. The summed E-state index contributed by atoms with van der Waals surface area (Å²) in [4.78, 5) is 22.5. The maximum Gasteiger partial charge on any atom is 0.273 e. The molecule has 0 aromatic heterocycles. The first-order valence-electron chi connectivity index (χ1n) is 7.33. The lowest BCUT2D eigenvalue weighted by Crippen LogP contribution is -2.25. The van der Waals surface area contributed by atoms with E-state index in [1.807, 2.05) is 24.3 Å². The summed E-state index contributed by atoms with van der Waals surface area (Å²) in [5, 5.41) is 14.4. The molecule has 0 aliphatic heterocycles. The second kappa shape index (κ2) is 8.70. The van der Waals surface area contributed by atoms with Gasteiger partial charge in [-0.15, -0.1) is 0 Å². The summed E-state index contributed by atoms with van der Waals surface area (Å²) >= 11 is 7.61. The minimum atomic E-state index is -0.479. The number of amides is 1. The Balaban J connectivity index is 1.79. The van der Waals surface area contributed by atoms with Crippen molar-refractivity contribution in [1.82, 2.24) is 5.32 Å². The molecule has 0 fully saturated rings. The van der Waals surface area contributed by atoms with Crippen molar-refractivity contribution in [2.24, 2.45) is 0 Å². The quantitative estimate of drug-likeness (QED) is 0.453. The molecule has 24 heavy (non-hydrogen) atoms. The van der Waals surface area contributed by atoms with Gasteiger partial charge in [0.15, 0.2) is 0 Å². The number of hydrogen-bond donors (Lipinski definition) is 1. The van der Waals surface area contributed by atoms with Gasteiger partial charge in [0.1, 0.15) is 0 Å². The smallest absolute Gasteiger partial charge is 0.273 e. The Labute approximate surface area is 149 Å². The molecule has 1 N–H and O–H groups in total. The van der Waals surface area contributed by atoms with Crippen molar-refractivity contribution in [3.8, 4) is 0 Å². The zero-order valence-corrected chi connectivity index (χ0v) is 14.7. The molecule has 0 atom stereocenters. The van der Waals surface area contributed by atoms with Crippen LogP contribution >= 0.6 is 23.4 Å². The van der Waals surface area contributed by atoms with E-state index in [9.17, 15) is 14.9 Å². The van der Waals surface area contributed by atoms with Crippen LogP contribution in [0.3, 0.4) is 0 Å². The van der Waals surface area contributed by atoms with E-state index in [1.54, 1.807) is 30.8 Å². The first-order chi connectivity index (χ1) is 11.5. The summed E-state index contributed by atoms with van der Waals surface area (Å²) in [6, 6.07) is 12.1. The molecule has 2 aromatic rings. The Kier molecular flexibility index (Phi) is 6.63. The Morgan fingerprint density at radius 3 is 2.79 bits per heavy atom. The number of thioether (sulfide) groups is 1. The highest BCUT2D eigenvalue weighted by Gasteiger charge is 2.14. The lowest BCUT2D eigenvalue weighted by atomic mass is 10.1. The third-order valence-electron chi connectivity index (χ3n) is 3.36. The maximum absolute atomic E-state index is 12.0. The van der Waals surface area contributed by atoms with Crippen LogP contribution in [0.15, 0.2) is 42.5 Å². The first-order valence-corrected chi connectivity index (χ1v) is 8.86. The number of hydrogen-bond acceptors (Lipinski definition) is 4. The summed E-state index contributed by atoms with van der Waals surface area (Å²) in [5.74, 6) is 1.25. The predicted molar refractivity (Wildman–Crippen MR) is 97.8 cm³/mol. The van der Waals surface area contributed by atoms with Gasteiger partial charge >= 0.3 is 0 Å². The lowest BCUT2D eigenvalue weighted by molar-refractivity contribution is -0.385. The molecule has 126 valence electrons. The molecule has 7 heteroatoms. The van der Waals surface area contributed by atoms with Gasteiger partial charge in [-0.05, 0) is 30.7 Å². The number of aryl methyl sites for hydroxylation is 1. The fraction of sp³-hybridized carbons (Fsp3) is 0.235.